The molecule has 1 heterocycles. The van der Waals surface area contributed by atoms with E-state index in [1.807, 2.05) is 19.9 Å². The van der Waals surface area contributed by atoms with Crippen molar-refractivity contribution in [2.24, 2.45) is 5.92 Å². The Kier molecular flexibility index (Phi) is 7.92. The molecule has 2 aromatic carbocycles. The number of hydrogen-bond acceptors (Lipinski definition) is 7. The van der Waals surface area contributed by atoms with Crippen molar-refractivity contribution in [3.05, 3.63) is 48.0 Å². The van der Waals surface area contributed by atoms with Crippen LogP contribution in [-0.4, -0.2) is 58.1 Å². The zero-order valence-corrected chi connectivity index (χ0v) is 19.6. The van der Waals surface area contributed by atoms with E-state index in [1.54, 1.807) is 30.3 Å². The molecule has 2 aromatic rings. The highest BCUT2D eigenvalue weighted by Gasteiger charge is 2.30. The Morgan fingerprint density at radius 2 is 1.85 bits per heavy atom. The van der Waals surface area contributed by atoms with Crippen molar-refractivity contribution in [3.63, 3.8) is 0 Å². The number of sulfonamides is 1. The monoisotopic (exact) mass is 473 g/mol. The molecule has 1 fully saturated rings. The number of nitriles is 1. The molecule has 33 heavy (non-hydrogen) atoms. The summed E-state index contributed by atoms with van der Waals surface area (Å²) < 4.78 is 44.1. The van der Waals surface area contributed by atoms with Crippen LogP contribution < -0.4 is 14.8 Å². The minimum absolute atomic E-state index is 0.0402. The second-order valence-electron chi connectivity index (χ2n) is 7.76. The van der Waals surface area contributed by atoms with Crippen molar-refractivity contribution >= 4 is 21.6 Å². The highest BCUT2D eigenvalue weighted by molar-refractivity contribution is 7.89. The van der Waals surface area contributed by atoms with Gasteiger partial charge in [-0.2, -0.15) is 9.57 Å². The molecule has 9 nitrogen and oxygen atoms in total. The second-order valence-corrected chi connectivity index (χ2v) is 9.67. The molecule has 0 bridgehead atoms. The molecule has 1 saturated heterocycles. The molecule has 0 aliphatic carbocycles. The summed E-state index contributed by atoms with van der Waals surface area (Å²) in [6.07, 6.45) is -0.902. The largest absolute Gasteiger partial charge is 0.495 e. The average molecular weight is 474 g/mol. The summed E-state index contributed by atoms with van der Waals surface area (Å²) in [5.41, 5.74) is 0.606. The summed E-state index contributed by atoms with van der Waals surface area (Å²) in [4.78, 5) is 13.0. The molecule has 1 N–H and O–H groups in total. The fourth-order valence-corrected chi connectivity index (χ4v) is 4.98. The summed E-state index contributed by atoms with van der Waals surface area (Å²) in [5.74, 6) is -0.192. The number of para-hydroxylation sites is 1. The predicted octanol–water partition coefficient (Wildman–Crippen LogP) is 2.63. The van der Waals surface area contributed by atoms with Gasteiger partial charge in [-0.1, -0.05) is 26.0 Å². The Bertz CT molecular complexity index is 1140. The van der Waals surface area contributed by atoms with Crippen LogP contribution in [0.3, 0.4) is 0 Å². The van der Waals surface area contributed by atoms with Gasteiger partial charge in [0.05, 0.1) is 25.9 Å². The number of ether oxygens (including phenoxy) is 3. The van der Waals surface area contributed by atoms with E-state index in [2.05, 4.69) is 5.32 Å². The van der Waals surface area contributed by atoms with Crippen molar-refractivity contribution in [2.45, 2.75) is 24.8 Å². The van der Waals surface area contributed by atoms with Crippen molar-refractivity contribution in [1.29, 1.82) is 5.26 Å². The number of anilines is 1. The zero-order chi connectivity index (χ0) is 24.0. The fraction of sp³-hybridized carbons (Fsp3) is 0.391. The van der Waals surface area contributed by atoms with E-state index in [4.69, 9.17) is 14.2 Å². The van der Waals surface area contributed by atoms with Gasteiger partial charge in [-0.05, 0) is 36.2 Å². The van der Waals surface area contributed by atoms with E-state index < -0.39 is 22.0 Å². The van der Waals surface area contributed by atoms with E-state index >= 15 is 0 Å². The lowest BCUT2D eigenvalue weighted by atomic mass is 10.1. The number of methoxy groups -OCH3 is 1. The van der Waals surface area contributed by atoms with Crippen LogP contribution in [0.4, 0.5) is 5.69 Å². The van der Waals surface area contributed by atoms with E-state index in [0.29, 0.717) is 24.5 Å². The minimum Gasteiger partial charge on any atom is -0.495 e. The van der Waals surface area contributed by atoms with Crippen LogP contribution in [0.1, 0.15) is 19.4 Å². The average Bonchev–Trinajstić information content (AvgIpc) is 2.83. The Hall–Kier alpha value is -3.13. The molecule has 0 spiro atoms. The van der Waals surface area contributed by atoms with E-state index in [0.717, 1.165) is 0 Å². The summed E-state index contributed by atoms with van der Waals surface area (Å²) in [5, 5.41) is 12.0. The van der Waals surface area contributed by atoms with Gasteiger partial charge in [-0.15, -0.1) is 0 Å². The first-order chi connectivity index (χ1) is 15.8. The van der Waals surface area contributed by atoms with Crippen molar-refractivity contribution in [2.75, 3.05) is 38.7 Å². The summed E-state index contributed by atoms with van der Waals surface area (Å²) >= 11 is 0. The van der Waals surface area contributed by atoms with Gasteiger partial charge in [0.25, 0.3) is 5.91 Å². The Labute approximate surface area is 193 Å². The molecule has 0 aromatic heterocycles. The van der Waals surface area contributed by atoms with Crippen molar-refractivity contribution in [1.82, 2.24) is 4.31 Å². The van der Waals surface area contributed by atoms with Crippen LogP contribution in [0.2, 0.25) is 0 Å². The van der Waals surface area contributed by atoms with Crippen LogP contribution >= 0.6 is 0 Å². The number of nitrogens with one attached hydrogen (secondary N) is 1. The molecule has 0 radical (unpaired) electrons. The SMILES string of the molecule is COc1ccc(NC(=O)C(Oc2ccccc2C#N)C(C)C)cc1S(=O)(=O)N1CCOCC1. The number of rotatable bonds is 8. The molecule has 1 unspecified atom stereocenters. The fourth-order valence-electron chi connectivity index (χ4n) is 3.39. The van der Waals surface area contributed by atoms with Crippen LogP contribution in [0.25, 0.3) is 0 Å². The highest BCUT2D eigenvalue weighted by Crippen LogP contribution is 2.30. The number of carbonyl (C=O) groups excluding carboxylic acids is 1. The molecule has 1 atom stereocenters. The van der Waals surface area contributed by atoms with Gasteiger partial charge >= 0.3 is 0 Å². The maximum absolute atomic E-state index is 13.2. The Balaban J connectivity index is 1.86. The summed E-state index contributed by atoms with van der Waals surface area (Å²) in [6.45, 7) is 4.75. The number of hydrogen-bond donors (Lipinski definition) is 1. The van der Waals surface area contributed by atoms with Gasteiger partial charge in [0.15, 0.2) is 6.10 Å². The molecular weight excluding hydrogens is 446 g/mol. The maximum atomic E-state index is 13.2. The van der Waals surface area contributed by atoms with E-state index in [9.17, 15) is 18.5 Å². The number of amides is 1. The van der Waals surface area contributed by atoms with Gasteiger partial charge in [0.1, 0.15) is 22.5 Å². The molecule has 1 amide bonds. The van der Waals surface area contributed by atoms with Gasteiger partial charge in [0, 0.05) is 18.8 Å². The first-order valence-corrected chi connectivity index (χ1v) is 11.9. The first-order valence-electron chi connectivity index (χ1n) is 10.5. The Morgan fingerprint density at radius 1 is 1.15 bits per heavy atom. The summed E-state index contributed by atoms with van der Waals surface area (Å²) in [6, 6.07) is 13.2. The maximum Gasteiger partial charge on any atom is 0.265 e. The quantitative estimate of drug-likeness (QED) is 0.626. The smallest absolute Gasteiger partial charge is 0.265 e. The number of benzene rings is 2. The molecular formula is C23H27N3O6S. The molecule has 176 valence electrons. The molecule has 0 saturated carbocycles. The van der Waals surface area contributed by atoms with Crippen LogP contribution in [0.15, 0.2) is 47.4 Å². The molecule has 10 heteroatoms. The van der Waals surface area contributed by atoms with Crippen LogP contribution in [-0.2, 0) is 19.6 Å². The standard InChI is InChI=1S/C23H27N3O6S/c1-16(2)22(32-19-7-5-4-6-17(19)15-24)23(27)25-18-8-9-20(30-3)21(14-18)33(28,29)26-10-12-31-13-11-26/h4-9,14,16,22H,10-13H2,1-3H3,(H,25,27). The van der Waals surface area contributed by atoms with Gasteiger partial charge in [-0.3, -0.25) is 4.79 Å². The van der Waals surface area contributed by atoms with Gasteiger partial charge in [-0.25, -0.2) is 8.42 Å². The topological polar surface area (TPSA) is 118 Å². The van der Waals surface area contributed by atoms with Crippen molar-refractivity contribution in [3.8, 4) is 17.6 Å². The highest BCUT2D eigenvalue weighted by atomic mass is 32.2. The lowest BCUT2D eigenvalue weighted by Gasteiger charge is -2.27. The second kappa shape index (κ2) is 10.7. The number of carbonyl (C=O) groups is 1. The predicted molar refractivity (Wildman–Crippen MR) is 122 cm³/mol. The lowest BCUT2D eigenvalue weighted by Crippen LogP contribution is -2.40. The van der Waals surface area contributed by atoms with Crippen LogP contribution in [0.5, 0.6) is 11.5 Å². The van der Waals surface area contributed by atoms with Gasteiger partial charge in [0.2, 0.25) is 10.0 Å². The minimum atomic E-state index is -3.85. The molecule has 1 aliphatic heterocycles. The molecule has 1 aliphatic rings. The van der Waals surface area contributed by atoms with Crippen LogP contribution in [0, 0.1) is 17.2 Å². The third-order valence-electron chi connectivity index (χ3n) is 5.14. The normalized spacial score (nSPS) is 15.5. The first kappa shape index (κ1) is 24.5. The number of morpholine rings is 1. The number of nitrogens with zero attached hydrogens (tertiary/aromatic N) is 2. The zero-order valence-electron chi connectivity index (χ0n) is 18.8. The van der Waals surface area contributed by atoms with E-state index in [-0.39, 0.29) is 35.3 Å². The van der Waals surface area contributed by atoms with E-state index in [1.165, 1.54) is 23.5 Å². The van der Waals surface area contributed by atoms with Gasteiger partial charge < -0.3 is 19.5 Å². The Morgan fingerprint density at radius 3 is 2.48 bits per heavy atom. The third kappa shape index (κ3) is 5.63. The lowest BCUT2D eigenvalue weighted by molar-refractivity contribution is -0.124. The van der Waals surface area contributed by atoms with Crippen molar-refractivity contribution < 1.29 is 27.4 Å². The third-order valence-corrected chi connectivity index (χ3v) is 7.06. The summed E-state index contributed by atoms with van der Waals surface area (Å²) in [7, 11) is -2.46. The molecule has 3 rings (SSSR count).